The van der Waals surface area contributed by atoms with Crippen molar-refractivity contribution < 1.29 is 9.84 Å². The van der Waals surface area contributed by atoms with Gasteiger partial charge in [0.05, 0.1) is 6.61 Å². The number of hydrogen-bond acceptors (Lipinski definition) is 3. The van der Waals surface area contributed by atoms with Crippen molar-refractivity contribution in [3.8, 4) is 0 Å². The van der Waals surface area contributed by atoms with Crippen LogP contribution >= 0.6 is 0 Å². The maximum atomic E-state index is 9.86. The van der Waals surface area contributed by atoms with Crippen LogP contribution in [-0.4, -0.2) is 36.5 Å². The van der Waals surface area contributed by atoms with Gasteiger partial charge in [-0.3, -0.25) is 0 Å². The Balaban J connectivity index is 2.18. The molecule has 0 aliphatic heterocycles. The van der Waals surface area contributed by atoms with E-state index in [1.807, 2.05) is 0 Å². The summed E-state index contributed by atoms with van der Waals surface area (Å²) in [5.41, 5.74) is -0.0569. The van der Waals surface area contributed by atoms with Crippen LogP contribution in [0.3, 0.4) is 0 Å². The van der Waals surface area contributed by atoms with E-state index in [1.54, 1.807) is 0 Å². The van der Waals surface area contributed by atoms with Gasteiger partial charge in [-0.2, -0.15) is 0 Å². The average molecular weight is 299 g/mol. The van der Waals surface area contributed by atoms with Crippen molar-refractivity contribution in [3.05, 3.63) is 0 Å². The van der Waals surface area contributed by atoms with E-state index in [-0.39, 0.29) is 12.1 Å². The Kier molecular flexibility index (Phi) is 9.54. The van der Waals surface area contributed by atoms with Gasteiger partial charge in [0.2, 0.25) is 0 Å². The number of unbranched alkanes of at least 4 members (excludes halogenated alkanes) is 4. The average Bonchev–Trinajstić information content (AvgIpc) is 2.84. The molecule has 1 fully saturated rings. The minimum absolute atomic E-state index is 0.0569. The Morgan fingerprint density at radius 3 is 2.62 bits per heavy atom. The highest BCUT2D eigenvalue weighted by atomic mass is 16.5. The summed E-state index contributed by atoms with van der Waals surface area (Å²) in [6, 6.07) is 0.428. The molecule has 21 heavy (non-hydrogen) atoms. The summed E-state index contributed by atoms with van der Waals surface area (Å²) >= 11 is 0. The SMILES string of the molecule is CCCCCCCOCCC1CCCC1(CO)NC(C)C. The molecule has 0 aromatic carbocycles. The minimum Gasteiger partial charge on any atom is -0.394 e. The van der Waals surface area contributed by atoms with Gasteiger partial charge in [0, 0.05) is 24.8 Å². The van der Waals surface area contributed by atoms with Gasteiger partial charge in [-0.1, -0.05) is 52.9 Å². The maximum Gasteiger partial charge on any atom is 0.0616 e. The normalized spacial score (nSPS) is 25.9. The zero-order chi connectivity index (χ0) is 15.6. The molecule has 1 rings (SSSR count). The van der Waals surface area contributed by atoms with Gasteiger partial charge in [0.15, 0.2) is 0 Å². The number of aliphatic hydroxyl groups excluding tert-OH is 1. The lowest BCUT2D eigenvalue weighted by atomic mass is 9.85. The Bertz CT molecular complexity index is 258. The first-order valence-electron chi connectivity index (χ1n) is 9.11. The molecule has 0 bridgehead atoms. The van der Waals surface area contributed by atoms with Crippen LogP contribution in [0, 0.1) is 5.92 Å². The highest BCUT2D eigenvalue weighted by Gasteiger charge is 2.42. The second kappa shape index (κ2) is 10.6. The summed E-state index contributed by atoms with van der Waals surface area (Å²) in [4.78, 5) is 0. The second-order valence-electron chi connectivity index (χ2n) is 7.02. The van der Waals surface area contributed by atoms with Crippen LogP contribution in [0.15, 0.2) is 0 Å². The molecule has 2 atom stereocenters. The smallest absolute Gasteiger partial charge is 0.0616 e. The first-order valence-corrected chi connectivity index (χ1v) is 9.11. The van der Waals surface area contributed by atoms with Crippen LogP contribution in [0.4, 0.5) is 0 Å². The number of aliphatic hydroxyl groups is 1. The fourth-order valence-corrected chi connectivity index (χ4v) is 3.72. The molecule has 1 aliphatic rings. The molecule has 0 radical (unpaired) electrons. The van der Waals surface area contributed by atoms with Crippen LogP contribution < -0.4 is 5.32 Å². The molecule has 3 nitrogen and oxygen atoms in total. The molecule has 1 saturated carbocycles. The molecule has 0 aromatic heterocycles. The van der Waals surface area contributed by atoms with E-state index in [0.717, 1.165) is 26.1 Å². The lowest BCUT2D eigenvalue weighted by Gasteiger charge is -2.37. The Hall–Kier alpha value is -0.120. The predicted molar refractivity (Wildman–Crippen MR) is 89.6 cm³/mol. The molecule has 126 valence electrons. The lowest BCUT2D eigenvalue weighted by molar-refractivity contribution is 0.0732. The van der Waals surface area contributed by atoms with E-state index in [4.69, 9.17) is 4.74 Å². The monoisotopic (exact) mass is 299 g/mol. The molecular weight excluding hydrogens is 262 g/mol. The fraction of sp³-hybridized carbons (Fsp3) is 1.00. The summed E-state index contributed by atoms with van der Waals surface area (Å²) in [5, 5.41) is 13.5. The van der Waals surface area contributed by atoms with Crippen LogP contribution in [0.2, 0.25) is 0 Å². The standard InChI is InChI=1S/C18H37NO2/c1-4-5-6-7-8-13-21-14-11-17-10-9-12-18(17,15-20)19-16(2)3/h16-17,19-20H,4-15H2,1-3H3. The summed E-state index contributed by atoms with van der Waals surface area (Å²) in [7, 11) is 0. The molecular formula is C18H37NO2. The zero-order valence-electron chi connectivity index (χ0n) is 14.5. The molecule has 0 aromatic rings. The Labute approximate surface area is 131 Å². The summed E-state index contributed by atoms with van der Waals surface area (Å²) in [6.07, 6.45) is 11.1. The first kappa shape index (κ1) is 18.9. The molecule has 0 heterocycles. The quantitative estimate of drug-likeness (QED) is 0.537. The van der Waals surface area contributed by atoms with E-state index in [0.29, 0.717) is 12.0 Å². The topological polar surface area (TPSA) is 41.5 Å². The maximum absolute atomic E-state index is 9.86. The lowest BCUT2D eigenvalue weighted by Crippen LogP contribution is -2.54. The molecule has 2 unspecified atom stereocenters. The third kappa shape index (κ3) is 6.66. The summed E-state index contributed by atoms with van der Waals surface area (Å²) in [5.74, 6) is 0.560. The minimum atomic E-state index is -0.0569. The van der Waals surface area contributed by atoms with Crippen LogP contribution in [0.25, 0.3) is 0 Å². The van der Waals surface area contributed by atoms with Crippen molar-refractivity contribution in [1.82, 2.24) is 5.32 Å². The van der Waals surface area contributed by atoms with E-state index < -0.39 is 0 Å². The molecule has 0 amide bonds. The van der Waals surface area contributed by atoms with Gasteiger partial charge < -0.3 is 15.2 Å². The molecule has 3 heteroatoms. The summed E-state index contributed by atoms with van der Waals surface area (Å²) in [6.45, 7) is 8.59. The van der Waals surface area contributed by atoms with Crippen molar-refractivity contribution >= 4 is 0 Å². The molecule has 0 spiro atoms. The molecule has 0 saturated heterocycles. The van der Waals surface area contributed by atoms with E-state index in [1.165, 1.54) is 44.9 Å². The zero-order valence-corrected chi connectivity index (χ0v) is 14.5. The third-order valence-electron chi connectivity index (χ3n) is 4.82. The van der Waals surface area contributed by atoms with Gasteiger partial charge in [-0.25, -0.2) is 0 Å². The van der Waals surface area contributed by atoms with Crippen LogP contribution in [0.1, 0.15) is 78.6 Å². The molecule has 1 aliphatic carbocycles. The number of rotatable bonds is 12. The van der Waals surface area contributed by atoms with Gasteiger partial charge in [0.25, 0.3) is 0 Å². The van der Waals surface area contributed by atoms with Gasteiger partial charge in [0.1, 0.15) is 0 Å². The molecule has 2 N–H and O–H groups in total. The van der Waals surface area contributed by atoms with E-state index in [2.05, 4.69) is 26.1 Å². The van der Waals surface area contributed by atoms with Crippen molar-refractivity contribution in [3.63, 3.8) is 0 Å². The predicted octanol–water partition coefficient (Wildman–Crippen LogP) is 3.89. The van der Waals surface area contributed by atoms with Gasteiger partial charge >= 0.3 is 0 Å². The first-order chi connectivity index (χ1) is 10.1. The van der Waals surface area contributed by atoms with Gasteiger partial charge in [-0.05, 0) is 31.6 Å². The van der Waals surface area contributed by atoms with Crippen molar-refractivity contribution in [2.75, 3.05) is 19.8 Å². The van der Waals surface area contributed by atoms with Crippen LogP contribution in [-0.2, 0) is 4.74 Å². The Morgan fingerprint density at radius 2 is 1.95 bits per heavy atom. The summed E-state index contributed by atoms with van der Waals surface area (Å²) < 4.78 is 5.81. The van der Waals surface area contributed by atoms with Crippen molar-refractivity contribution in [2.24, 2.45) is 5.92 Å². The Morgan fingerprint density at radius 1 is 1.19 bits per heavy atom. The largest absolute Gasteiger partial charge is 0.394 e. The van der Waals surface area contributed by atoms with E-state index in [9.17, 15) is 5.11 Å². The number of nitrogens with one attached hydrogen (secondary N) is 1. The van der Waals surface area contributed by atoms with E-state index >= 15 is 0 Å². The van der Waals surface area contributed by atoms with Crippen molar-refractivity contribution in [2.45, 2.75) is 90.1 Å². The van der Waals surface area contributed by atoms with Crippen LogP contribution in [0.5, 0.6) is 0 Å². The third-order valence-corrected chi connectivity index (χ3v) is 4.82. The number of ether oxygens (including phenoxy) is 1. The van der Waals surface area contributed by atoms with Crippen molar-refractivity contribution in [1.29, 1.82) is 0 Å². The fourth-order valence-electron chi connectivity index (χ4n) is 3.72. The van der Waals surface area contributed by atoms with Gasteiger partial charge in [-0.15, -0.1) is 0 Å². The highest BCUT2D eigenvalue weighted by molar-refractivity contribution is 4.99. The highest BCUT2D eigenvalue weighted by Crippen LogP contribution is 2.38. The number of hydrogen-bond donors (Lipinski definition) is 2. The second-order valence-corrected chi connectivity index (χ2v) is 7.02.